The summed E-state index contributed by atoms with van der Waals surface area (Å²) in [6.45, 7) is 5.14. The van der Waals surface area contributed by atoms with E-state index >= 15 is 0 Å². The van der Waals surface area contributed by atoms with Crippen LogP contribution in [0.4, 0.5) is 5.69 Å². The van der Waals surface area contributed by atoms with Gasteiger partial charge in [-0.25, -0.2) is 4.98 Å². The lowest BCUT2D eigenvalue weighted by atomic mass is 10.1. The van der Waals surface area contributed by atoms with Gasteiger partial charge in [0.1, 0.15) is 11.9 Å². The van der Waals surface area contributed by atoms with Crippen LogP contribution in [-0.4, -0.2) is 35.2 Å². The molecule has 0 aliphatic rings. The predicted molar refractivity (Wildman–Crippen MR) is 105 cm³/mol. The third-order valence-corrected chi connectivity index (χ3v) is 3.49. The fourth-order valence-electron chi connectivity index (χ4n) is 2.39. The van der Waals surface area contributed by atoms with Gasteiger partial charge in [0.25, 0.3) is 0 Å². The number of nitrogens with zero attached hydrogens (tertiary/aromatic N) is 2. The predicted octanol–water partition coefficient (Wildman–Crippen LogP) is 2.81. The number of methoxy groups -OCH3 is 1. The number of rotatable bonds is 7. The Morgan fingerprint density at radius 1 is 1.36 bits per heavy atom. The van der Waals surface area contributed by atoms with Crippen molar-refractivity contribution in [1.82, 2.24) is 9.55 Å². The molecule has 1 heterocycles. The van der Waals surface area contributed by atoms with Gasteiger partial charge < -0.3 is 20.4 Å². The van der Waals surface area contributed by atoms with Crippen molar-refractivity contribution in [1.29, 1.82) is 0 Å². The van der Waals surface area contributed by atoms with Gasteiger partial charge in [0.2, 0.25) is 5.91 Å². The minimum atomic E-state index is -0.676. The molecule has 0 spiro atoms. The van der Waals surface area contributed by atoms with Crippen LogP contribution >= 0.6 is 24.8 Å². The largest absolute Gasteiger partial charge is 0.383 e. The summed E-state index contributed by atoms with van der Waals surface area (Å²) in [4.78, 5) is 16.3. The van der Waals surface area contributed by atoms with Crippen molar-refractivity contribution < 1.29 is 9.53 Å². The first-order valence-corrected chi connectivity index (χ1v) is 7.66. The van der Waals surface area contributed by atoms with Crippen LogP contribution in [0.1, 0.15) is 31.2 Å². The van der Waals surface area contributed by atoms with Crippen LogP contribution < -0.4 is 11.1 Å². The number of amides is 1. The van der Waals surface area contributed by atoms with Crippen LogP contribution in [0.25, 0.3) is 0 Å². The Kier molecular flexibility index (Phi) is 10.4. The summed E-state index contributed by atoms with van der Waals surface area (Å²) < 4.78 is 7.01. The molecule has 6 nitrogen and oxygen atoms in total. The summed E-state index contributed by atoms with van der Waals surface area (Å²) in [5, 5.41) is 2.82. The molecule has 0 saturated heterocycles. The van der Waals surface area contributed by atoms with Crippen LogP contribution in [0.5, 0.6) is 0 Å². The quantitative estimate of drug-likeness (QED) is 0.763. The summed E-state index contributed by atoms with van der Waals surface area (Å²) in [7, 11) is 1.52. The molecule has 3 N–H and O–H groups in total. The minimum Gasteiger partial charge on any atom is -0.383 e. The lowest BCUT2D eigenvalue weighted by Gasteiger charge is -2.13. The number of carbonyl (C=O) groups excluding carboxylic acids is 1. The summed E-state index contributed by atoms with van der Waals surface area (Å²) in [5.74, 6) is 1.15. The number of imidazole rings is 1. The third-order valence-electron chi connectivity index (χ3n) is 3.49. The highest BCUT2D eigenvalue weighted by Gasteiger charge is 2.13. The van der Waals surface area contributed by atoms with E-state index < -0.39 is 6.04 Å². The zero-order chi connectivity index (χ0) is 16.8. The number of hydrogen-bond donors (Lipinski definition) is 2. The number of carbonyl (C=O) groups is 1. The zero-order valence-electron chi connectivity index (χ0n) is 14.6. The van der Waals surface area contributed by atoms with Gasteiger partial charge in [0, 0.05) is 37.7 Å². The van der Waals surface area contributed by atoms with Crippen LogP contribution in [-0.2, 0) is 16.1 Å². The number of nitrogens with one attached hydrogen (secondary N) is 1. The second kappa shape index (κ2) is 11.1. The highest BCUT2D eigenvalue weighted by molar-refractivity contribution is 5.94. The number of ether oxygens (including phenoxy) is 1. The Morgan fingerprint density at radius 2 is 2.08 bits per heavy atom. The number of benzene rings is 1. The molecule has 140 valence electrons. The molecule has 0 radical (unpaired) electrons. The van der Waals surface area contributed by atoms with Crippen molar-refractivity contribution in [2.75, 3.05) is 19.0 Å². The molecule has 25 heavy (non-hydrogen) atoms. The van der Waals surface area contributed by atoms with E-state index in [0.717, 1.165) is 17.1 Å². The molecule has 8 heteroatoms. The number of nitrogens with two attached hydrogens (primary N) is 1. The van der Waals surface area contributed by atoms with E-state index in [1.54, 1.807) is 0 Å². The van der Waals surface area contributed by atoms with Crippen LogP contribution in [0.3, 0.4) is 0 Å². The van der Waals surface area contributed by atoms with E-state index in [1.165, 1.54) is 7.11 Å². The van der Waals surface area contributed by atoms with Crippen molar-refractivity contribution in [3.05, 3.63) is 48.0 Å². The molecule has 0 saturated carbocycles. The molecule has 1 atom stereocenters. The second-order valence-corrected chi connectivity index (χ2v) is 5.82. The van der Waals surface area contributed by atoms with Gasteiger partial charge in [-0.1, -0.05) is 26.0 Å². The van der Waals surface area contributed by atoms with Crippen molar-refractivity contribution >= 4 is 36.4 Å². The van der Waals surface area contributed by atoms with E-state index in [1.807, 2.05) is 36.7 Å². The molecule has 0 aliphatic heterocycles. The number of aromatic nitrogens is 2. The molecule has 1 aromatic carbocycles. The number of hydrogen-bond acceptors (Lipinski definition) is 4. The molecule has 0 aliphatic carbocycles. The summed E-state index contributed by atoms with van der Waals surface area (Å²) in [5.41, 5.74) is 7.54. The molecule has 2 rings (SSSR count). The van der Waals surface area contributed by atoms with E-state index in [9.17, 15) is 4.79 Å². The Labute approximate surface area is 161 Å². The van der Waals surface area contributed by atoms with Crippen LogP contribution in [0, 0.1) is 0 Å². The van der Waals surface area contributed by atoms with Gasteiger partial charge in [-0.3, -0.25) is 4.79 Å². The summed E-state index contributed by atoms with van der Waals surface area (Å²) in [6.07, 6.45) is 3.78. The fourth-order valence-corrected chi connectivity index (χ4v) is 2.39. The Morgan fingerprint density at radius 3 is 2.72 bits per heavy atom. The molecule has 1 aromatic heterocycles. The molecule has 1 amide bonds. The molecule has 1 unspecified atom stereocenters. The Balaban J connectivity index is 0.00000288. The number of anilines is 1. The van der Waals surface area contributed by atoms with E-state index in [4.69, 9.17) is 10.5 Å². The van der Waals surface area contributed by atoms with Gasteiger partial charge in [0.05, 0.1) is 6.61 Å². The van der Waals surface area contributed by atoms with Crippen molar-refractivity contribution in [2.24, 2.45) is 5.73 Å². The number of halogens is 2. The average Bonchev–Trinajstić information content (AvgIpc) is 2.96. The van der Waals surface area contributed by atoms with Gasteiger partial charge in [-0.2, -0.15) is 0 Å². The second-order valence-electron chi connectivity index (χ2n) is 5.82. The monoisotopic (exact) mass is 388 g/mol. The molecule has 2 aromatic rings. The third kappa shape index (κ3) is 6.66. The van der Waals surface area contributed by atoms with Gasteiger partial charge >= 0.3 is 0 Å². The van der Waals surface area contributed by atoms with Gasteiger partial charge in [0.15, 0.2) is 0 Å². The molecular weight excluding hydrogens is 363 g/mol. The first kappa shape index (κ1) is 23.4. The van der Waals surface area contributed by atoms with E-state index in [-0.39, 0.29) is 37.3 Å². The standard InChI is InChI=1S/C17H24N4O2.2ClH/c1-12(2)16-19-7-8-21(16)10-13-5-4-6-14(9-13)20-17(22)15(18)11-23-3;;/h4-9,12,15H,10-11,18H2,1-3H3,(H,20,22);2*1H. The van der Waals surface area contributed by atoms with Crippen LogP contribution in [0.2, 0.25) is 0 Å². The van der Waals surface area contributed by atoms with Crippen molar-refractivity contribution in [3.63, 3.8) is 0 Å². The Hall–Kier alpha value is -1.60. The smallest absolute Gasteiger partial charge is 0.243 e. The first-order valence-electron chi connectivity index (χ1n) is 7.66. The average molecular weight is 389 g/mol. The maximum Gasteiger partial charge on any atom is 0.243 e. The van der Waals surface area contributed by atoms with Gasteiger partial charge in [-0.05, 0) is 17.7 Å². The summed E-state index contributed by atoms with van der Waals surface area (Å²) in [6, 6.07) is 7.05. The maximum absolute atomic E-state index is 11.9. The minimum absolute atomic E-state index is 0. The Bertz CT molecular complexity index is 662. The maximum atomic E-state index is 11.9. The normalized spacial score (nSPS) is 11.4. The van der Waals surface area contributed by atoms with Gasteiger partial charge in [-0.15, -0.1) is 24.8 Å². The lowest BCUT2D eigenvalue weighted by molar-refractivity contribution is -0.118. The molecule has 0 bridgehead atoms. The molecule has 0 fully saturated rings. The molecular formula is C17H26Cl2N4O2. The zero-order valence-corrected chi connectivity index (χ0v) is 16.3. The summed E-state index contributed by atoms with van der Waals surface area (Å²) >= 11 is 0. The first-order chi connectivity index (χ1) is 11.0. The SMILES string of the molecule is COCC(N)C(=O)Nc1cccc(Cn2ccnc2C(C)C)c1.Cl.Cl. The van der Waals surface area contributed by atoms with Crippen molar-refractivity contribution in [2.45, 2.75) is 32.4 Å². The highest BCUT2D eigenvalue weighted by Crippen LogP contribution is 2.16. The van der Waals surface area contributed by atoms with Crippen LogP contribution in [0.15, 0.2) is 36.7 Å². The van der Waals surface area contributed by atoms with E-state index in [2.05, 4.69) is 28.7 Å². The lowest BCUT2D eigenvalue weighted by Crippen LogP contribution is -2.39. The van der Waals surface area contributed by atoms with Crippen molar-refractivity contribution in [3.8, 4) is 0 Å². The highest BCUT2D eigenvalue weighted by atomic mass is 35.5. The fraction of sp³-hybridized carbons (Fsp3) is 0.412. The topological polar surface area (TPSA) is 82.2 Å². The van der Waals surface area contributed by atoms with E-state index in [0.29, 0.717) is 12.5 Å².